The van der Waals surface area contributed by atoms with Crippen LogP contribution in [0.5, 0.6) is 0 Å². The van der Waals surface area contributed by atoms with Crippen LogP contribution >= 0.6 is 0 Å². The van der Waals surface area contributed by atoms with Crippen molar-refractivity contribution < 1.29 is 19.8 Å². The molecule has 1 aromatic rings. The second-order valence-electron chi connectivity index (χ2n) is 3.94. The second kappa shape index (κ2) is 3.62. The number of nitrogens with zero attached hydrogens (tertiary/aromatic N) is 2. The number of carbonyl (C=O) groups is 2. The van der Waals surface area contributed by atoms with E-state index in [1.54, 1.807) is 11.5 Å². The predicted molar refractivity (Wildman–Crippen MR) is 53.4 cm³/mol. The van der Waals surface area contributed by atoms with Gasteiger partial charge in [-0.05, 0) is 13.3 Å². The number of imidazole rings is 1. The Hall–Kier alpha value is -1.85. The predicted octanol–water partition coefficient (Wildman–Crippen LogP) is 0.537. The fourth-order valence-corrected chi connectivity index (χ4v) is 2.12. The molecule has 2 N–H and O–H groups in total. The topological polar surface area (TPSA) is 92.4 Å². The number of hydrogen-bond acceptors (Lipinski definition) is 3. The Labute approximate surface area is 91.5 Å². The molecule has 2 heterocycles. The molecule has 1 aromatic heterocycles. The lowest BCUT2D eigenvalue weighted by atomic mass is 9.95. The van der Waals surface area contributed by atoms with Gasteiger partial charge in [0.25, 0.3) is 0 Å². The van der Waals surface area contributed by atoms with Crippen LogP contribution in [0, 0.1) is 12.8 Å². The second-order valence-corrected chi connectivity index (χ2v) is 3.94. The average molecular weight is 224 g/mol. The normalized spacial score (nSPS) is 19.2. The number of fused-ring (bicyclic) bond motifs is 1. The molecule has 0 amide bonds. The van der Waals surface area contributed by atoms with E-state index < -0.39 is 17.9 Å². The first-order chi connectivity index (χ1) is 7.50. The maximum atomic E-state index is 10.9. The van der Waals surface area contributed by atoms with Gasteiger partial charge in [0.2, 0.25) is 0 Å². The van der Waals surface area contributed by atoms with E-state index in [0.29, 0.717) is 24.5 Å². The standard InChI is InChI=1S/C10H12N2O4/c1-5-11-8(10(15)16)7-4-6(9(13)14)2-3-12(5)7/h6H,2-4H2,1H3,(H,13,14)(H,15,16). The molecule has 1 aliphatic rings. The molecule has 2 rings (SSSR count). The highest BCUT2D eigenvalue weighted by Crippen LogP contribution is 2.24. The molecule has 86 valence electrons. The summed E-state index contributed by atoms with van der Waals surface area (Å²) in [6, 6.07) is 0. The van der Waals surface area contributed by atoms with Gasteiger partial charge in [0, 0.05) is 13.0 Å². The van der Waals surface area contributed by atoms with Crippen LogP contribution in [0.4, 0.5) is 0 Å². The van der Waals surface area contributed by atoms with Crippen LogP contribution in [0.3, 0.4) is 0 Å². The van der Waals surface area contributed by atoms with E-state index in [4.69, 9.17) is 10.2 Å². The molecular formula is C10H12N2O4. The van der Waals surface area contributed by atoms with Crippen LogP contribution < -0.4 is 0 Å². The lowest BCUT2D eigenvalue weighted by Gasteiger charge is -2.21. The van der Waals surface area contributed by atoms with Crippen molar-refractivity contribution in [2.24, 2.45) is 5.92 Å². The first kappa shape index (κ1) is 10.7. The molecule has 1 aliphatic heterocycles. The van der Waals surface area contributed by atoms with Crippen LogP contribution in [-0.2, 0) is 17.8 Å². The van der Waals surface area contributed by atoms with Crippen molar-refractivity contribution in [2.75, 3.05) is 0 Å². The van der Waals surface area contributed by atoms with Gasteiger partial charge in [-0.25, -0.2) is 9.78 Å². The van der Waals surface area contributed by atoms with Gasteiger partial charge in [-0.3, -0.25) is 4.79 Å². The average Bonchev–Trinajstić information content (AvgIpc) is 2.56. The number of aromatic carboxylic acids is 1. The van der Waals surface area contributed by atoms with Crippen molar-refractivity contribution in [3.8, 4) is 0 Å². The Bertz CT molecular complexity index is 464. The van der Waals surface area contributed by atoms with E-state index in [2.05, 4.69) is 4.98 Å². The zero-order chi connectivity index (χ0) is 11.9. The Kier molecular flexibility index (Phi) is 2.41. The van der Waals surface area contributed by atoms with Crippen molar-refractivity contribution in [2.45, 2.75) is 26.3 Å². The third-order valence-electron chi connectivity index (χ3n) is 2.96. The third-order valence-corrected chi connectivity index (χ3v) is 2.96. The summed E-state index contributed by atoms with van der Waals surface area (Å²) >= 11 is 0. The van der Waals surface area contributed by atoms with Gasteiger partial charge in [0.1, 0.15) is 5.82 Å². The van der Waals surface area contributed by atoms with Gasteiger partial charge in [0.15, 0.2) is 5.69 Å². The van der Waals surface area contributed by atoms with E-state index >= 15 is 0 Å². The van der Waals surface area contributed by atoms with Gasteiger partial charge >= 0.3 is 11.9 Å². The fraction of sp³-hybridized carbons (Fsp3) is 0.500. The van der Waals surface area contributed by atoms with Crippen molar-refractivity contribution in [3.05, 3.63) is 17.2 Å². The van der Waals surface area contributed by atoms with Crippen LogP contribution in [0.25, 0.3) is 0 Å². The summed E-state index contributed by atoms with van der Waals surface area (Å²) in [7, 11) is 0. The molecule has 16 heavy (non-hydrogen) atoms. The van der Waals surface area contributed by atoms with Crippen LogP contribution in [-0.4, -0.2) is 31.7 Å². The Balaban J connectivity index is 2.42. The summed E-state index contributed by atoms with van der Waals surface area (Å²) < 4.78 is 1.79. The smallest absolute Gasteiger partial charge is 0.356 e. The van der Waals surface area contributed by atoms with Crippen molar-refractivity contribution in [1.29, 1.82) is 0 Å². The molecule has 0 radical (unpaired) electrons. The van der Waals surface area contributed by atoms with E-state index in [1.807, 2.05) is 0 Å². The fourth-order valence-electron chi connectivity index (χ4n) is 2.12. The summed E-state index contributed by atoms with van der Waals surface area (Å²) in [5.74, 6) is -1.83. The molecule has 0 bridgehead atoms. The summed E-state index contributed by atoms with van der Waals surface area (Å²) in [6.07, 6.45) is 0.774. The van der Waals surface area contributed by atoms with Crippen LogP contribution in [0.15, 0.2) is 0 Å². The minimum atomic E-state index is -1.09. The summed E-state index contributed by atoms with van der Waals surface area (Å²) in [5.41, 5.74) is 0.520. The molecule has 0 spiro atoms. The monoisotopic (exact) mass is 224 g/mol. The molecule has 0 saturated carbocycles. The summed E-state index contributed by atoms with van der Waals surface area (Å²) in [6.45, 7) is 2.26. The Morgan fingerprint density at radius 1 is 1.44 bits per heavy atom. The number of carboxylic acid groups (broad SMARTS) is 2. The molecule has 0 fully saturated rings. The third kappa shape index (κ3) is 1.56. The Morgan fingerprint density at radius 2 is 2.12 bits per heavy atom. The molecule has 0 saturated heterocycles. The first-order valence-electron chi connectivity index (χ1n) is 5.02. The first-order valence-corrected chi connectivity index (χ1v) is 5.02. The van der Waals surface area contributed by atoms with Crippen LogP contribution in [0.1, 0.15) is 28.4 Å². The molecule has 0 aliphatic carbocycles. The highest BCUT2D eigenvalue weighted by atomic mass is 16.4. The van der Waals surface area contributed by atoms with E-state index in [1.165, 1.54) is 0 Å². The number of rotatable bonds is 2. The zero-order valence-corrected chi connectivity index (χ0v) is 8.80. The largest absolute Gasteiger partial charge is 0.481 e. The van der Waals surface area contributed by atoms with Crippen molar-refractivity contribution in [3.63, 3.8) is 0 Å². The number of aromatic nitrogens is 2. The van der Waals surface area contributed by atoms with Crippen molar-refractivity contribution >= 4 is 11.9 Å². The summed E-state index contributed by atoms with van der Waals surface area (Å²) in [4.78, 5) is 25.8. The highest BCUT2D eigenvalue weighted by molar-refractivity contribution is 5.87. The quantitative estimate of drug-likeness (QED) is 0.764. The minimum Gasteiger partial charge on any atom is -0.481 e. The van der Waals surface area contributed by atoms with Gasteiger partial charge in [-0.2, -0.15) is 0 Å². The molecule has 1 atom stereocenters. The molecular weight excluding hydrogens is 212 g/mol. The lowest BCUT2D eigenvalue weighted by Crippen LogP contribution is -2.26. The molecule has 6 nitrogen and oxygen atoms in total. The maximum Gasteiger partial charge on any atom is 0.356 e. The number of aliphatic carboxylic acids is 1. The van der Waals surface area contributed by atoms with Crippen molar-refractivity contribution in [1.82, 2.24) is 9.55 Å². The molecule has 0 aromatic carbocycles. The maximum absolute atomic E-state index is 10.9. The molecule has 6 heteroatoms. The van der Waals surface area contributed by atoms with Gasteiger partial charge in [0.05, 0.1) is 11.6 Å². The Morgan fingerprint density at radius 3 is 2.69 bits per heavy atom. The van der Waals surface area contributed by atoms with E-state index in [9.17, 15) is 9.59 Å². The number of aryl methyl sites for hydroxylation is 1. The summed E-state index contributed by atoms with van der Waals surface area (Å²) in [5, 5.41) is 17.9. The lowest BCUT2D eigenvalue weighted by molar-refractivity contribution is -0.142. The van der Waals surface area contributed by atoms with Gasteiger partial charge in [-0.1, -0.05) is 0 Å². The van der Waals surface area contributed by atoms with Gasteiger partial charge in [-0.15, -0.1) is 0 Å². The minimum absolute atomic E-state index is 0.0107. The SMILES string of the molecule is Cc1nc(C(=O)O)c2n1CCC(C(=O)O)C2. The highest BCUT2D eigenvalue weighted by Gasteiger charge is 2.30. The molecule has 1 unspecified atom stereocenters. The van der Waals surface area contributed by atoms with Crippen LogP contribution in [0.2, 0.25) is 0 Å². The number of hydrogen-bond donors (Lipinski definition) is 2. The van der Waals surface area contributed by atoms with E-state index in [0.717, 1.165) is 0 Å². The van der Waals surface area contributed by atoms with Gasteiger partial charge < -0.3 is 14.8 Å². The zero-order valence-electron chi connectivity index (χ0n) is 8.80. The van der Waals surface area contributed by atoms with E-state index in [-0.39, 0.29) is 12.1 Å². The number of carboxylic acids is 2.